The number of nitrogens with zero attached hydrogens (tertiary/aromatic N) is 4. The second kappa shape index (κ2) is 5.30. The number of aromatic nitrogens is 3. The second-order valence-corrected chi connectivity index (χ2v) is 4.80. The lowest BCUT2D eigenvalue weighted by Crippen LogP contribution is -2.18. The van der Waals surface area contributed by atoms with Gasteiger partial charge in [0, 0.05) is 18.5 Å². The van der Waals surface area contributed by atoms with Crippen molar-refractivity contribution < 1.29 is 9.05 Å². The quantitative estimate of drug-likeness (QED) is 0.809. The predicted octanol–water partition coefficient (Wildman–Crippen LogP) is 2.12. The summed E-state index contributed by atoms with van der Waals surface area (Å²) in [6.07, 6.45) is 0. The van der Waals surface area contributed by atoms with Crippen molar-refractivity contribution in [1.82, 2.24) is 20.2 Å². The molecule has 6 heteroatoms. The van der Waals surface area contributed by atoms with Gasteiger partial charge in [-0.15, -0.1) is 0 Å². The average molecular weight is 250 g/mol. The summed E-state index contributed by atoms with van der Waals surface area (Å²) in [6.45, 7) is 7.26. The van der Waals surface area contributed by atoms with E-state index >= 15 is 0 Å². The molecule has 0 aliphatic rings. The molecule has 98 valence electrons. The van der Waals surface area contributed by atoms with E-state index in [0.29, 0.717) is 24.8 Å². The third kappa shape index (κ3) is 3.16. The van der Waals surface area contributed by atoms with Crippen molar-refractivity contribution in [1.29, 1.82) is 0 Å². The molecule has 0 radical (unpaired) electrons. The highest BCUT2D eigenvalue weighted by molar-refractivity contribution is 5.03. The molecular formula is C12H18N4O2. The first-order valence-electron chi connectivity index (χ1n) is 5.98. The first-order chi connectivity index (χ1) is 8.54. The van der Waals surface area contributed by atoms with Crippen molar-refractivity contribution in [3.63, 3.8) is 0 Å². The Morgan fingerprint density at radius 2 is 2.00 bits per heavy atom. The maximum Gasteiger partial charge on any atom is 0.229 e. The zero-order valence-electron chi connectivity index (χ0n) is 11.2. The zero-order valence-corrected chi connectivity index (χ0v) is 11.2. The topological polar surface area (TPSA) is 68.2 Å². The van der Waals surface area contributed by atoms with Crippen LogP contribution in [0.2, 0.25) is 0 Å². The minimum Gasteiger partial charge on any atom is -0.361 e. The molecule has 0 bridgehead atoms. The van der Waals surface area contributed by atoms with E-state index < -0.39 is 0 Å². The van der Waals surface area contributed by atoms with Crippen molar-refractivity contribution in [2.75, 3.05) is 7.05 Å². The van der Waals surface area contributed by atoms with Gasteiger partial charge in [-0.25, -0.2) is 0 Å². The van der Waals surface area contributed by atoms with E-state index in [1.807, 2.05) is 33.9 Å². The van der Waals surface area contributed by atoms with E-state index in [-0.39, 0.29) is 5.92 Å². The lowest BCUT2D eigenvalue weighted by molar-refractivity contribution is 0.287. The van der Waals surface area contributed by atoms with Gasteiger partial charge in [0.2, 0.25) is 5.89 Å². The molecule has 0 amide bonds. The fourth-order valence-corrected chi connectivity index (χ4v) is 1.63. The fraction of sp³-hybridized carbons (Fsp3) is 0.583. The fourth-order valence-electron chi connectivity index (χ4n) is 1.63. The van der Waals surface area contributed by atoms with Crippen molar-refractivity contribution in [2.24, 2.45) is 0 Å². The Morgan fingerprint density at radius 1 is 1.22 bits per heavy atom. The Hall–Kier alpha value is -1.69. The van der Waals surface area contributed by atoms with Crippen molar-refractivity contribution >= 4 is 0 Å². The number of hydrogen-bond acceptors (Lipinski definition) is 6. The van der Waals surface area contributed by atoms with Gasteiger partial charge >= 0.3 is 0 Å². The molecular weight excluding hydrogens is 232 g/mol. The molecule has 0 saturated carbocycles. The third-order valence-electron chi connectivity index (χ3n) is 2.50. The van der Waals surface area contributed by atoms with Crippen LogP contribution in [0.4, 0.5) is 0 Å². The highest BCUT2D eigenvalue weighted by Crippen LogP contribution is 2.12. The van der Waals surface area contributed by atoms with Crippen LogP contribution in [0.25, 0.3) is 0 Å². The van der Waals surface area contributed by atoms with Gasteiger partial charge in [-0.05, 0) is 14.0 Å². The molecule has 0 saturated heterocycles. The predicted molar refractivity (Wildman–Crippen MR) is 64.8 cm³/mol. The van der Waals surface area contributed by atoms with Gasteiger partial charge in [0.1, 0.15) is 5.76 Å². The average Bonchev–Trinajstić information content (AvgIpc) is 2.88. The maximum absolute atomic E-state index is 5.16. The lowest BCUT2D eigenvalue weighted by Gasteiger charge is -2.11. The molecule has 0 fully saturated rings. The van der Waals surface area contributed by atoms with Gasteiger partial charge in [-0.3, -0.25) is 4.90 Å². The molecule has 0 unspecified atom stereocenters. The van der Waals surface area contributed by atoms with Crippen LogP contribution in [0.5, 0.6) is 0 Å². The summed E-state index contributed by atoms with van der Waals surface area (Å²) >= 11 is 0. The largest absolute Gasteiger partial charge is 0.361 e. The summed E-state index contributed by atoms with van der Waals surface area (Å²) in [5.41, 5.74) is 0.905. The van der Waals surface area contributed by atoms with Crippen LogP contribution >= 0.6 is 0 Å². The zero-order chi connectivity index (χ0) is 13.1. The van der Waals surface area contributed by atoms with Crippen molar-refractivity contribution in [2.45, 2.75) is 39.8 Å². The third-order valence-corrected chi connectivity index (χ3v) is 2.50. The number of rotatable bonds is 5. The highest BCUT2D eigenvalue weighted by Gasteiger charge is 2.12. The molecule has 0 N–H and O–H groups in total. The monoisotopic (exact) mass is 250 g/mol. The van der Waals surface area contributed by atoms with Gasteiger partial charge in [-0.2, -0.15) is 4.98 Å². The van der Waals surface area contributed by atoms with Crippen LogP contribution in [0.15, 0.2) is 15.1 Å². The van der Waals surface area contributed by atoms with Crippen LogP contribution in [0, 0.1) is 6.92 Å². The minimum atomic E-state index is 0.259. The number of hydrogen-bond donors (Lipinski definition) is 0. The van der Waals surface area contributed by atoms with Crippen LogP contribution in [-0.2, 0) is 13.1 Å². The summed E-state index contributed by atoms with van der Waals surface area (Å²) in [7, 11) is 1.98. The van der Waals surface area contributed by atoms with E-state index in [2.05, 4.69) is 20.2 Å². The molecule has 0 atom stereocenters. The van der Waals surface area contributed by atoms with Gasteiger partial charge in [0.25, 0.3) is 0 Å². The van der Waals surface area contributed by atoms with Gasteiger partial charge in [0.15, 0.2) is 5.82 Å². The van der Waals surface area contributed by atoms with E-state index in [0.717, 1.165) is 11.5 Å². The Labute approximate surface area is 106 Å². The van der Waals surface area contributed by atoms with E-state index in [1.165, 1.54) is 0 Å². The molecule has 2 heterocycles. The molecule has 2 aromatic heterocycles. The SMILES string of the molecule is Cc1cc(CN(C)Cc2noc(C(C)C)n2)no1. The highest BCUT2D eigenvalue weighted by atomic mass is 16.5. The Morgan fingerprint density at radius 3 is 2.56 bits per heavy atom. The van der Waals surface area contributed by atoms with Gasteiger partial charge in [0.05, 0.1) is 12.2 Å². The Bertz CT molecular complexity index is 504. The second-order valence-electron chi connectivity index (χ2n) is 4.80. The van der Waals surface area contributed by atoms with E-state index in [9.17, 15) is 0 Å². The summed E-state index contributed by atoms with van der Waals surface area (Å²) in [5, 5.41) is 7.90. The molecule has 0 aliphatic carbocycles. The number of aryl methyl sites for hydroxylation is 1. The lowest BCUT2D eigenvalue weighted by atomic mass is 10.2. The van der Waals surface area contributed by atoms with Crippen molar-refractivity contribution in [3.8, 4) is 0 Å². The normalized spacial score (nSPS) is 11.7. The summed E-state index contributed by atoms with van der Waals surface area (Å²) < 4.78 is 10.2. The van der Waals surface area contributed by atoms with Crippen LogP contribution < -0.4 is 0 Å². The first-order valence-corrected chi connectivity index (χ1v) is 5.98. The Balaban J connectivity index is 1.92. The van der Waals surface area contributed by atoms with E-state index in [4.69, 9.17) is 9.05 Å². The smallest absolute Gasteiger partial charge is 0.229 e. The van der Waals surface area contributed by atoms with Gasteiger partial charge < -0.3 is 9.05 Å². The molecule has 6 nitrogen and oxygen atoms in total. The molecule has 0 aromatic carbocycles. The van der Waals surface area contributed by atoms with E-state index in [1.54, 1.807) is 0 Å². The molecule has 2 rings (SSSR count). The van der Waals surface area contributed by atoms with Crippen molar-refractivity contribution in [3.05, 3.63) is 29.2 Å². The van der Waals surface area contributed by atoms with Crippen LogP contribution in [0.3, 0.4) is 0 Å². The molecule has 0 spiro atoms. The first kappa shape index (κ1) is 12.8. The summed E-state index contributed by atoms with van der Waals surface area (Å²) in [5.74, 6) is 2.45. The molecule has 2 aromatic rings. The van der Waals surface area contributed by atoms with Crippen LogP contribution in [0.1, 0.15) is 42.9 Å². The standard InChI is InChI=1S/C12H18N4O2/c1-8(2)12-13-11(15-18-12)7-16(4)6-10-5-9(3)17-14-10/h5,8H,6-7H2,1-4H3. The van der Waals surface area contributed by atoms with Gasteiger partial charge in [-0.1, -0.05) is 24.2 Å². The Kier molecular flexibility index (Phi) is 3.76. The summed E-state index contributed by atoms with van der Waals surface area (Å²) in [6, 6.07) is 1.92. The summed E-state index contributed by atoms with van der Waals surface area (Å²) in [4.78, 5) is 6.40. The molecule has 0 aliphatic heterocycles. The minimum absolute atomic E-state index is 0.259. The van der Waals surface area contributed by atoms with Crippen LogP contribution in [-0.4, -0.2) is 27.2 Å². The molecule has 18 heavy (non-hydrogen) atoms. The maximum atomic E-state index is 5.16.